The summed E-state index contributed by atoms with van der Waals surface area (Å²) in [5.74, 6) is 0.531. The van der Waals surface area contributed by atoms with Crippen LogP contribution in [-0.4, -0.2) is 35.5 Å². The normalized spacial score (nSPS) is 12.1. The Bertz CT molecular complexity index is 1790. The third-order valence-electron chi connectivity index (χ3n) is 5.24. The summed E-state index contributed by atoms with van der Waals surface area (Å²) in [6.07, 6.45) is 1.61. The Labute approximate surface area is 198 Å². The van der Waals surface area contributed by atoms with Crippen LogP contribution in [0.4, 0.5) is 0 Å². The molecule has 11 heteroatoms. The zero-order valence-electron chi connectivity index (χ0n) is 18.2. The Morgan fingerprint density at radius 1 is 0.971 bits per heavy atom. The molecule has 0 fully saturated rings. The van der Waals surface area contributed by atoms with Gasteiger partial charge in [-0.3, -0.25) is 0 Å². The fourth-order valence-electron chi connectivity index (χ4n) is 3.58. The van der Waals surface area contributed by atoms with Gasteiger partial charge in [-0.05, 0) is 54.1 Å². The topological polar surface area (TPSA) is 154 Å². The van der Waals surface area contributed by atoms with Gasteiger partial charge in [0.05, 0.1) is 34.7 Å². The highest BCUT2D eigenvalue weighted by Crippen LogP contribution is 2.32. The Morgan fingerprint density at radius 3 is 2.54 bits per heavy atom. The number of aromatic nitrogens is 4. The van der Waals surface area contributed by atoms with E-state index in [4.69, 9.17) is 8.92 Å². The first-order valence-corrected chi connectivity index (χ1v) is 11.7. The van der Waals surface area contributed by atoms with Crippen LogP contribution in [0.15, 0.2) is 70.4 Å². The molecule has 35 heavy (non-hydrogen) atoms. The van der Waals surface area contributed by atoms with Crippen molar-refractivity contribution in [2.24, 2.45) is 0 Å². The Hall–Kier alpha value is -4.82. The maximum atomic E-state index is 12.9. The molecule has 5 aromatic rings. The van der Waals surface area contributed by atoms with E-state index < -0.39 is 15.8 Å². The van der Waals surface area contributed by atoms with Crippen LogP contribution < -0.4 is 14.6 Å². The SMILES string of the molecule is COc1cc(/C=C(\C#N)c2nc3ccccc3[nH]2)ccc1OS(=O)(=O)c1ccc2[nH]c(=O)[nH]c2c1. The molecule has 0 spiro atoms. The predicted octanol–water partition coefficient (Wildman–Crippen LogP) is 3.57. The number of aromatic amines is 3. The van der Waals surface area contributed by atoms with E-state index in [1.165, 1.54) is 31.4 Å². The lowest BCUT2D eigenvalue weighted by atomic mass is 10.1. The highest BCUT2D eigenvalue weighted by atomic mass is 32.2. The van der Waals surface area contributed by atoms with Gasteiger partial charge in [0.1, 0.15) is 16.8 Å². The van der Waals surface area contributed by atoms with Crippen molar-refractivity contribution in [2.75, 3.05) is 7.11 Å². The van der Waals surface area contributed by atoms with Crippen LogP contribution in [0.25, 0.3) is 33.7 Å². The number of nitrogens with zero attached hydrogens (tertiary/aromatic N) is 2. The first kappa shape index (κ1) is 22.0. The van der Waals surface area contributed by atoms with Gasteiger partial charge in [-0.25, -0.2) is 9.78 Å². The number of methoxy groups -OCH3 is 1. The molecule has 0 saturated carbocycles. The summed E-state index contributed by atoms with van der Waals surface area (Å²) in [6, 6.07) is 18.2. The highest BCUT2D eigenvalue weighted by Gasteiger charge is 2.20. The van der Waals surface area contributed by atoms with Crippen molar-refractivity contribution in [3.63, 3.8) is 0 Å². The molecule has 0 unspecified atom stereocenters. The number of nitriles is 1. The number of H-pyrrole nitrogens is 3. The molecule has 10 nitrogen and oxygen atoms in total. The Balaban J connectivity index is 1.46. The van der Waals surface area contributed by atoms with Gasteiger partial charge in [0.2, 0.25) is 0 Å². The summed E-state index contributed by atoms with van der Waals surface area (Å²) < 4.78 is 36.4. The molecule has 2 aromatic heterocycles. The molecule has 0 aliphatic carbocycles. The van der Waals surface area contributed by atoms with Crippen LogP contribution in [0.5, 0.6) is 11.5 Å². The number of benzene rings is 3. The molecule has 0 amide bonds. The van der Waals surface area contributed by atoms with Gasteiger partial charge in [0.25, 0.3) is 0 Å². The zero-order chi connectivity index (χ0) is 24.6. The number of allylic oxidation sites excluding steroid dienone is 1. The molecular weight excluding hydrogens is 470 g/mol. The van der Waals surface area contributed by atoms with Crippen LogP contribution in [0, 0.1) is 11.3 Å². The molecule has 0 atom stereocenters. The van der Waals surface area contributed by atoms with E-state index in [0.29, 0.717) is 28.0 Å². The lowest BCUT2D eigenvalue weighted by molar-refractivity contribution is 0.390. The zero-order valence-corrected chi connectivity index (χ0v) is 19.0. The Kier molecular flexibility index (Phi) is 5.35. The number of imidazole rings is 2. The number of fused-ring (bicyclic) bond motifs is 2. The second kappa shape index (κ2) is 8.51. The van der Waals surface area contributed by atoms with Crippen molar-refractivity contribution >= 4 is 43.8 Å². The molecule has 5 rings (SSSR count). The summed E-state index contributed by atoms with van der Waals surface area (Å²) in [4.78, 5) is 23.9. The van der Waals surface area contributed by atoms with Crippen LogP contribution in [0.1, 0.15) is 11.4 Å². The lowest BCUT2D eigenvalue weighted by Crippen LogP contribution is -2.10. The summed E-state index contributed by atoms with van der Waals surface area (Å²) in [6.45, 7) is 0. The van der Waals surface area contributed by atoms with Gasteiger partial charge < -0.3 is 23.9 Å². The number of ether oxygens (including phenoxy) is 1. The van der Waals surface area contributed by atoms with Crippen molar-refractivity contribution < 1.29 is 17.3 Å². The monoisotopic (exact) mass is 487 g/mol. The molecule has 0 radical (unpaired) electrons. The third-order valence-corrected chi connectivity index (χ3v) is 6.47. The maximum absolute atomic E-state index is 12.9. The van der Waals surface area contributed by atoms with Crippen molar-refractivity contribution in [2.45, 2.75) is 4.90 Å². The van der Waals surface area contributed by atoms with E-state index >= 15 is 0 Å². The summed E-state index contributed by atoms with van der Waals surface area (Å²) >= 11 is 0. The summed E-state index contributed by atoms with van der Waals surface area (Å²) in [5, 5.41) is 9.66. The molecule has 0 aliphatic heterocycles. The lowest BCUT2D eigenvalue weighted by Gasteiger charge is -2.11. The minimum absolute atomic E-state index is 0.0328. The molecule has 3 N–H and O–H groups in total. The van der Waals surface area contributed by atoms with Crippen LogP contribution in [0.2, 0.25) is 0 Å². The van der Waals surface area contributed by atoms with E-state index in [-0.39, 0.29) is 16.4 Å². The average molecular weight is 487 g/mol. The quantitative estimate of drug-likeness (QED) is 0.244. The Morgan fingerprint density at radius 2 is 1.77 bits per heavy atom. The van der Waals surface area contributed by atoms with Crippen molar-refractivity contribution in [3.05, 3.63) is 82.5 Å². The molecule has 0 bridgehead atoms. The second-order valence-corrected chi connectivity index (χ2v) is 9.05. The van der Waals surface area contributed by atoms with Crippen LogP contribution >= 0.6 is 0 Å². The van der Waals surface area contributed by atoms with Gasteiger partial charge in [-0.2, -0.15) is 13.7 Å². The number of rotatable bonds is 6. The first-order chi connectivity index (χ1) is 16.9. The van der Waals surface area contributed by atoms with Crippen molar-refractivity contribution in [1.82, 2.24) is 19.9 Å². The average Bonchev–Trinajstić information content (AvgIpc) is 3.44. The standard InChI is InChI=1S/C24H17N5O5S/c1-33-22-11-14(10-15(13-25)23-26-17-4-2-3-5-18(17)27-23)6-9-21(22)34-35(31,32)16-7-8-19-20(12-16)29-24(30)28-19/h2-12H,1H3,(H,26,27)(H2,28,29,30)/b15-10+. The van der Waals surface area contributed by atoms with Gasteiger partial charge >= 0.3 is 15.8 Å². The maximum Gasteiger partial charge on any atom is 0.339 e. The number of para-hydroxylation sites is 2. The van der Waals surface area contributed by atoms with E-state index in [2.05, 4.69) is 26.0 Å². The minimum atomic E-state index is -4.23. The molecule has 2 heterocycles. The molecule has 0 aliphatic rings. The molecule has 3 aromatic carbocycles. The molecule has 0 saturated heterocycles. The van der Waals surface area contributed by atoms with E-state index in [0.717, 1.165) is 11.0 Å². The smallest absolute Gasteiger partial charge is 0.339 e. The minimum Gasteiger partial charge on any atom is -0.493 e. The van der Waals surface area contributed by atoms with E-state index in [1.807, 2.05) is 24.3 Å². The van der Waals surface area contributed by atoms with E-state index in [9.17, 15) is 18.5 Å². The number of hydrogen-bond donors (Lipinski definition) is 3. The molecule has 174 valence electrons. The van der Waals surface area contributed by atoms with E-state index in [1.54, 1.807) is 18.2 Å². The number of nitrogens with one attached hydrogen (secondary N) is 3. The first-order valence-electron chi connectivity index (χ1n) is 10.3. The van der Waals surface area contributed by atoms with Crippen molar-refractivity contribution in [1.29, 1.82) is 5.26 Å². The van der Waals surface area contributed by atoms with Crippen LogP contribution in [0.3, 0.4) is 0 Å². The highest BCUT2D eigenvalue weighted by molar-refractivity contribution is 7.87. The fourth-order valence-corrected chi connectivity index (χ4v) is 4.54. The van der Waals surface area contributed by atoms with Gasteiger partial charge in [0, 0.05) is 0 Å². The fraction of sp³-hybridized carbons (Fsp3) is 0.0417. The summed E-state index contributed by atoms with van der Waals surface area (Å²) in [7, 11) is -2.85. The predicted molar refractivity (Wildman–Crippen MR) is 129 cm³/mol. The van der Waals surface area contributed by atoms with Gasteiger partial charge in [0.15, 0.2) is 11.5 Å². The van der Waals surface area contributed by atoms with Gasteiger partial charge in [-0.1, -0.05) is 18.2 Å². The molecular formula is C24H17N5O5S. The van der Waals surface area contributed by atoms with Gasteiger partial charge in [-0.15, -0.1) is 0 Å². The number of hydrogen-bond acceptors (Lipinski definition) is 7. The summed E-state index contributed by atoms with van der Waals surface area (Å²) in [5.41, 5.74) is 2.77. The second-order valence-electron chi connectivity index (χ2n) is 7.51. The third kappa shape index (κ3) is 4.25. The largest absolute Gasteiger partial charge is 0.493 e. The van der Waals surface area contributed by atoms with Crippen LogP contribution in [-0.2, 0) is 10.1 Å². The van der Waals surface area contributed by atoms with Crippen molar-refractivity contribution in [3.8, 4) is 17.6 Å².